The first-order chi connectivity index (χ1) is 13.7. The summed E-state index contributed by atoms with van der Waals surface area (Å²) in [7, 11) is 0. The van der Waals surface area contributed by atoms with Crippen LogP contribution in [0, 0.1) is 11.6 Å². The average molecular weight is 422 g/mol. The minimum atomic E-state index is -2.42. The number of hydrogen-bond donors (Lipinski definition) is 1. The van der Waals surface area contributed by atoms with Gasteiger partial charge in [-0.1, -0.05) is 0 Å². The van der Waals surface area contributed by atoms with Crippen molar-refractivity contribution in [2.75, 3.05) is 17.8 Å². The Labute approximate surface area is 170 Å². The van der Waals surface area contributed by atoms with Crippen LogP contribution < -0.4 is 4.72 Å². The molecule has 1 aliphatic rings. The molecular formula is C20H22F2N3O3S-. The molecule has 1 fully saturated rings. The summed E-state index contributed by atoms with van der Waals surface area (Å²) >= 11 is -2.42. The molecule has 1 amide bonds. The van der Waals surface area contributed by atoms with E-state index in [1.54, 1.807) is 17.0 Å². The Kier molecular flexibility index (Phi) is 6.61. The molecule has 0 bridgehead atoms. The van der Waals surface area contributed by atoms with E-state index in [-0.39, 0.29) is 18.0 Å². The lowest BCUT2D eigenvalue weighted by Gasteiger charge is -2.44. The van der Waals surface area contributed by atoms with Gasteiger partial charge < -0.3 is 14.2 Å². The van der Waals surface area contributed by atoms with Crippen LogP contribution in [0.15, 0.2) is 42.5 Å². The van der Waals surface area contributed by atoms with E-state index in [2.05, 4.69) is 9.62 Å². The Morgan fingerprint density at radius 3 is 2.17 bits per heavy atom. The molecule has 1 aliphatic heterocycles. The lowest BCUT2D eigenvalue weighted by Crippen LogP contribution is -2.58. The normalized spacial score (nSPS) is 21.1. The van der Waals surface area contributed by atoms with E-state index >= 15 is 0 Å². The molecule has 3 unspecified atom stereocenters. The van der Waals surface area contributed by atoms with Crippen LogP contribution in [-0.2, 0) is 17.8 Å². The van der Waals surface area contributed by atoms with Gasteiger partial charge in [0.15, 0.2) is 0 Å². The van der Waals surface area contributed by atoms with Crippen LogP contribution in [0.2, 0.25) is 0 Å². The van der Waals surface area contributed by atoms with Crippen molar-refractivity contribution in [2.45, 2.75) is 32.5 Å². The second-order valence-electron chi connectivity index (χ2n) is 7.30. The zero-order valence-electron chi connectivity index (χ0n) is 16.1. The largest absolute Gasteiger partial charge is 0.755 e. The first kappa shape index (κ1) is 21.4. The van der Waals surface area contributed by atoms with E-state index < -0.39 is 22.9 Å². The molecule has 0 spiro atoms. The van der Waals surface area contributed by atoms with Crippen LogP contribution in [0.4, 0.5) is 14.5 Å². The molecule has 1 saturated heterocycles. The number of rotatable bonds is 5. The number of carbonyl (C=O) groups is 1. The Bertz CT molecular complexity index is 878. The summed E-state index contributed by atoms with van der Waals surface area (Å²) in [5, 5.41) is 0. The quantitative estimate of drug-likeness (QED) is 0.752. The molecule has 3 atom stereocenters. The molecule has 2 aromatic rings. The third kappa shape index (κ3) is 5.37. The number of piperazine rings is 1. The van der Waals surface area contributed by atoms with Gasteiger partial charge >= 0.3 is 0 Å². The smallest absolute Gasteiger partial charge is 0.254 e. The van der Waals surface area contributed by atoms with E-state index in [0.717, 1.165) is 6.07 Å². The van der Waals surface area contributed by atoms with Crippen LogP contribution in [-0.4, -0.2) is 49.6 Å². The number of carbonyl (C=O) groups excluding carboxylic acids is 1. The topological polar surface area (TPSA) is 75.7 Å². The monoisotopic (exact) mass is 422 g/mol. The van der Waals surface area contributed by atoms with Crippen molar-refractivity contribution in [3.63, 3.8) is 0 Å². The third-order valence-electron chi connectivity index (χ3n) is 4.89. The summed E-state index contributed by atoms with van der Waals surface area (Å²) in [5.41, 5.74) is 1.40. The van der Waals surface area contributed by atoms with Crippen molar-refractivity contribution in [3.8, 4) is 0 Å². The van der Waals surface area contributed by atoms with Gasteiger partial charge in [0.25, 0.3) is 5.91 Å². The fraction of sp³-hybridized carbons (Fsp3) is 0.350. The van der Waals surface area contributed by atoms with Crippen molar-refractivity contribution in [1.29, 1.82) is 0 Å². The first-order valence-corrected chi connectivity index (χ1v) is 10.3. The third-order valence-corrected chi connectivity index (χ3v) is 5.29. The second kappa shape index (κ2) is 8.98. The second-order valence-corrected chi connectivity index (χ2v) is 7.97. The fourth-order valence-electron chi connectivity index (χ4n) is 3.85. The number of amides is 1. The van der Waals surface area contributed by atoms with Gasteiger partial charge in [-0.3, -0.25) is 13.9 Å². The number of anilines is 1. The highest BCUT2D eigenvalue weighted by Gasteiger charge is 2.33. The van der Waals surface area contributed by atoms with Gasteiger partial charge in [-0.15, -0.1) is 0 Å². The Hall–Kier alpha value is -2.36. The summed E-state index contributed by atoms with van der Waals surface area (Å²) in [6, 6.07) is 9.52. The van der Waals surface area contributed by atoms with E-state index in [0.29, 0.717) is 36.4 Å². The minimum absolute atomic E-state index is 0.100. The highest BCUT2D eigenvalue weighted by Crippen LogP contribution is 2.22. The van der Waals surface area contributed by atoms with E-state index in [9.17, 15) is 22.3 Å². The molecule has 156 valence electrons. The zero-order valence-corrected chi connectivity index (χ0v) is 16.9. The Balaban J connectivity index is 1.67. The number of nitrogens with zero attached hydrogens (tertiary/aromatic N) is 2. The van der Waals surface area contributed by atoms with Crippen molar-refractivity contribution in [3.05, 3.63) is 65.2 Å². The molecule has 0 aromatic heterocycles. The van der Waals surface area contributed by atoms with E-state index in [1.807, 2.05) is 13.8 Å². The van der Waals surface area contributed by atoms with Gasteiger partial charge in [-0.05, 0) is 55.8 Å². The van der Waals surface area contributed by atoms with Crippen molar-refractivity contribution in [2.24, 2.45) is 0 Å². The molecule has 3 rings (SSSR count). The summed E-state index contributed by atoms with van der Waals surface area (Å²) in [6.45, 7) is 5.41. The summed E-state index contributed by atoms with van der Waals surface area (Å²) in [6.07, 6.45) is 0. The van der Waals surface area contributed by atoms with Crippen LogP contribution in [0.25, 0.3) is 0 Å². The summed E-state index contributed by atoms with van der Waals surface area (Å²) < 4.78 is 50.5. The van der Waals surface area contributed by atoms with Crippen LogP contribution in [0.5, 0.6) is 0 Å². The average Bonchev–Trinajstić information content (AvgIpc) is 2.60. The van der Waals surface area contributed by atoms with Crippen LogP contribution >= 0.6 is 0 Å². The summed E-state index contributed by atoms with van der Waals surface area (Å²) in [5.74, 6) is -1.35. The number of halogens is 2. The van der Waals surface area contributed by atoms with Gasteiger partial charge in [0.05, 0.1) is 0 Å². The van der Waals surface area contributed by atoms with E-state index in [1.165, 1.54) is 24.3 Å². The fourth-order valence-corrected chi connectivity index (χ4v) is 4.18. The molecule has 9 heteroatoms. The lowest BCUT2D eigenvalue weighted by atomic mass is 10.0. The predicted octanol–water partition coefficient (Wildman–Crippen LogP) is 2.91. The molecule has 0 saturated carbocycles. The molecule has 0 radical (unpaired) electrons. The maximum absolute atomic E-state index is 13.4. The highest BCUT2D eigenvalue weighted by molar-refractivity contribution is 7.80. The molecule has 1 heterocycles. The molecule has 29 heavy (non-hydrogen) atoms. The van der Waals surface area contributed by atoms with Gasteiger partial charge in [-0.2, -0.15) is 0 Å². The maximum atomic E-state index is 13.4. The number of hydrogen-bond acceptors (Lipinski definition) is 4. The molecule has 2 aromatic carbocycles. The van der Waals surface area contributed by atoms with E-state index in [4.69, 9.17) is 0 Å². The van der Waals surface area contributed by atoms with Crippen LogP contribution in [0.1, 0.15) is 29.8 Å². The molecular weight excluding hydrogens is 400 g/mol. The molecule has 0 aliphatic carbocycles. The highest BCUT2D eigenvalue weighted by atomic mass is 32.2. The number of nitrogens with one attached hydrogen (secondary N) is 1. The maximum Gasteiger partial charge on any atom is 0.254 e. The van der Waals surface area contributed by atoms with Crippen molar-refractivity contribution >= 4 is 22.9 Å². The first-order valence-electron chi connectivity index (χ1n) is 9.19. The zero-order chi connectivity index (χ0) is 21.1. The predicted molar refractivity (Wildman–Crippen MR) is 106 cm³/mol. The number of benzene rings is 2. The SMILES string of the molecule is CC1CN(Cc2cc(F)cc(F)c2)CC(C)N1C(=O)c1ccc(NS(=O)[O-])cc1. The van der Waals surface area contributed by atoms with Gasteiger partial charge in [-0.25, -0.2) is 8.78 Å². The van der Waals surface area contributed by atoms with Gasteiger partial charge in [0, 0.05) is 60.3 Å². The standard InChI is InChI=1S/C20H23F2N3O3S/c1-13-10-24(12-15-7-17(21)9-18(22)8-15)11-14(2)25(13)20(26)16-3-5-19(6-4-16)23-29(27)28/h3-9,13-14,23H,10-12H2,1-2H3,(H,27,28)/p-1. The Morgan fingerprint density at radius 2 is 1.66 bits per heavy atom. The van der Waals surface area contributed by atoms with Gasteiger partial charge in [0.2, 0.25) is 0 Å². The van der Waals surface area contributed by atoms with Crippen LogP contribution in [0.3, 0.4) is 0 Å². The van der Waals surface area contributed by atoms with Crippen molar-refractivity contribution in [1.82, 2.24) is 9.80 Å². The summed E-state index contributed by atoms with van der Waals surface area (Å²) in [4.78, 5) is 16.8. The van der Waals surface area contributed by atoms with Gasteiger partial charge in [0.1, 0.15) is 11.6 Å². The molecule has 1 N–H and O–H groups in total. The Morgan fingerprint density at radius 1 is 1.10 bits per heavy atom. The van der Waals surface area contributed by atoms with Crippen molar-refractivity contribution < 1.29 is 22.3 Å². The molecule has 6 nitrogen and oxygen atoms in total. The minimum Gasteiger partial charge on any atom is -0.755 e. The lowest BCUT2D eigenvalue weighted by molar-refractivity contribution is 0.0268.